The Morgan fingerprint density at radius 2 is 2.24 bits per heavy atom. The molecule has 2 aromatic heterocycles. The Balaban J connectivity index is 1.83. The van der Waals surface area contributed by atoms with Crippen molar-refractivity contribution in [1.29, 1.82) is 0 Å². The number of hydrogen-bond donors (Lipinski definition) is 1. The van der Waals surface area contributed by atoms with Crippen molar-refractivity contribution in [3.05, 3.63) is 33.9 Å². The zero-order valence-corrected chi connectivity index (χ0v) is 10.4. The first-order chi connectivity index (χ1) is 8.29. The molecule has 17 heavy (non-hydrogen) atoms. The molecule has 0 spiro atoms. The zero-order valence-electron chi connectivity index (χ0n) is 9.59. The second-order valence-electron chi connectivity index (χ2n) is 3.53. The monoisotopic (exact) mass is 250 g/mol. The molecule has 0 aliphatic heterocycles. The summed E-state index contributed by atoms with van der Waals surface area (Å²) in [6, 6.07) is 3.61. The maximum absolute atomic E-state index is 5.50. The standard InChI is InChI=1S/C11H14N4OS/c1-8-10(17-7-13-8)4-5-16-11-3-2-9(6-12)14-15-11/h2-3,7H,4-6,12H2,1H3. The molecule has 0 saturated heterocycles. The molecule has 90 valence electrons. The molecule has 0 aliphatic carbocycles. The lowest BCUT2D eigenvalue weighted by Gasteiger charge is -2.04. The molecular weight excluding hydrogens is 236 g/mol. The van der Waals surface area contributed by atoms with Crippen molar-refractivity contribution in [2.75, 3.05) is 6.61 Å². The minimum atomic E-state index is 0.396. The van der Waals surface area contributed by atoms with Gasteiger partial charge in [0.1, 0.15) is 0 Å². The summed E-state index contributed by atoms with van der Waals surface area (Å²) >= 11 is 1.65. The summed E-state index contributed by atoms with van der Waals surface area (Å²) in [5.41, 5.74) is 9.11. The van der Waals surface area contributed by atoms with Crippen LogP contribution in [0.5, 0.6) is 5.88 Å². The third kappa shape index (κ3) is 3.21. The number of aromatic nitrogens is 3. The van der Waals surface area contributed by atoms with Gasteiger partial charge in [0.2, 0.25) is 5.88 Å². The van der Waals surface area contributed by atoms with Gasteiger partial charge in [0, 0.05) is 23.9 Å². The normalized spacial score (nSPS) is 10.5. The van der Waals surface area contributed by atoms with E-state index in [1.807, 2.05) is 18.5 Å². The molecule has 0 aliphatic rings. The van der Waals surface area contributed by atoms with Crippen LogP contribution >= 0.6 is 11.3 Å². The molecule has 0 aromatic carbocycles. The first-order valence-corrected chi connectivity index (χ1v) is 6.22. The van der Waals surface area contributed by atoms with Crippen LogP contribution in [0.15, 0.2) is 17.6 Å². The summed E-state index contributed by atoms with van der Waals surface area (Å²) in [6.07, 6.45) is 0.844. The van der Waals surface area contributed by atoms with Crippen LogP contribution in [0.1, 0.15) is 16.3 Å². The van der Waals surface area contributed by atoms with Crippen molar-refractivity contribution >= 4 is 11.3 Å². The lowest BCUT2D eigenvalue weighted by atomic mass is 10.3. The molecule has 2 rings (SSSR count). The van der Waals surface area contributed by atoms with Gasteiger partial charge in [-0.3, -0.25) is 0 Å². The second kappa shape index (κ2) is 5.70. The summed E-state index contributed by atoms with van der Waals surface area (Å²) in [5, 5.41) is 7.85. The summed E-state index contributed by atoms with van der Waals surface area (Å²) in [4.78, 5) is 5.43. The molecular formula is C11H14N4OS. The molecule has 0 atom stereocenters. The molecule has 0 saturated carbocycles. The molecule has 5 nitrogen and oxygen atoms in total. The summed E-state index contributed by atoms with van der Waals surface area (Å²) in [6.45, 7) is 2.98. The Bertz CT molecular complexity index is 469. The molecule has 2 aromatic rings. The first kappa shape index (κ1) is 11.9. The van der Waals surface area contributed by atoms with Gasteiger partial charge in [0.15, 0.2) is 0 Å². The Kier molecular flexibility index (Phi) is 4.00. The van der Waals surface area contributed by atoms with Crippen molar-refractivity contribution < 1.29 is 4.74 Å². The van der Waals surface area contributed by atoms with E-state index in [0.717, 1.165) is 17.8 Å². The number of rotatable bonds is 5. The number of aryl methyl sites for hydroxylation is 1. The van der Waals surface area contributed by atoms with E-state index in [4.69, 9.17) is 10.5 Å². The number of nitrogens with two attached hydrogens (primary N) is 1. The van der Waals surface area contributed by atoms with E-state index in [-0.39, 0.29) is 0 Å². The Morgan fingerprint density at radius 3 is 2.82 bits per heavy atom. The van der Waals surface area contributed by atoms with Gasteiger partial charge >= 0.3 is 0 Å². The van der Waals surface area contributed by atoms with Gasteiger partial charge in [-0.05, 0) is 13.0 Å². The van der Waals surface area contributed by atoms with Crippen molar-refractivity contribution in [2.24, 2.45) is 5.73 Å². The average molecular weight is 250 g/mol. The van der Waals surface area contributed by atoms with E-state index in [9.17, 15) is 0 Å². The third-order valence-electron chi connectivity index (χ3n) is 2.33. The number of nitrogens with zero attached hydrogens (tertiary/aromatic N) is 3. The van der Waals surface area contributed by atoms with Crippen LogP contribution in [0.2, 0.25) is 0 Å². The first-order valence-electron chi connectivity index (χ1n) is 5.34. The van der Waals surface area contributed by atoms with Gasteiger partial charge in [0.25, 0.3) is 0 Å². The average Bonchev–Trinajstić information content (AvgIpc) is 2.76. The van der Waals surface area contributed by atoms with E-state index in [1.54, 1.807) is 17.4 Å². The van der Waals surface area contributed by atoms with E-state index < -0.39 is 0 Å². The van der Waals surface area contributed by atoms with Crippen LogP contribution in [-0.4, -0.2) is 21.8 Å². The molecule has 2 heterocycles. The minimum Gasteiger partial charge on any atom is -0.476 e. The van der Waals surface area contributed by atoms with E-state index in [1.165, 1.54) is 4.88 Å². The maximum atomic E-state index is 5.50. The predicted octanol–water partition coefficient (Wildman–Crippen LogP) is 1.32. The lowest BCUT2D eigenvalue weighted by Crippen LogP contribution is -2.05. The highest BCUT2D eigenvalue weighted by Gasteiger charge is 2.02. The van der Waals surface area contributed by atoms with E-state index >= 15 is 0 Å². The SMILES string of the molecule is Cc1ncsc1CCOc1ccc(CN)nn1. The van der Waals surface area contributed by atoms with Gasteiger partial charge in [-0.2, -0.15) is 5.10 Å². The Hall–Kier alpha value is -1.53. The molecule has 6 heteroatoms. The minimum absolute atomic E-state index is 0.396. The smallest absolute Gasteiger partial charge is 0.233 e. The fourth-order valence-corrected chi connectivity index (χ4v) is 2.11. The molecule has 0 fully saturated rings. The van der Waals surface area contributed by atoms with Crippen molar-refractivity contribution in [2.45, 2.75) is 19.9 Å². The van der Waals surface area contributed by atoms with Crippen molar-refractivity contribution in [3.63, 3.8) is 0 Å². The van der Waals surface area contributed by atoms with Crippen molar-refractivity contribution in [1.82, 2.24) is 15.2 Å². The molecule has 0 radical (unpaired) electrons. The predicted molar refractivity (Wildman–Crippen MR) is 66.0 cm³/mol. The quantitative estimate of drug-likeness (QED) is 0.866. The number of ether oxygens (including phenoxy) is 1. The summed E-state index contributed by atoms with van der Waals surface area (Å²) < 4.78 is 5.50. The van der Waals surface area contributed by atoms with Gasteiger partial charge in [-0.15, -0.1) is 16.4 Å². The number of thiazole rings is 1. The molecule has 0 amide bonds. The third-order valence-corrected chi connectivity index (χ3v) is 3.32. The van der Waals surface area contributed by atoms with Crippen LogP contribution in [0.4, 0.5) is 0 Å². The maximum Gasteiger partial charge on any atom is 0.233 e. The van der Waals surface area contributed by atoms with Crippen LogP contribution in [-0.2, 0) is 13.0 Å². The van der Waals surface area contributed by atoms with Crippen LogP contribution in [0.25, 0.3) is 0 Å². The van der Waals surface area contributed by atoms with Crippen LogP contribution < -0.4 is 10.5 Å². The Morgan fingerprint density at radius 1 is 1.35 bits per heavy atom. The second-order valence-corrected chi connectivity index (χ2v) is 4.47. The highest BCUT2D eigenvalue weighted by atomic mass is 32.1. The lowest BCUT2D eigenvalue weighted by molar-refractivity contribution is 0.306. The molecule has 0 unspecified atom stereocenters. The fraction of sp³-hybridized carbons (Fsp3) is 0.364. The molecule has 2 N–H and O–H groups in total. The highest BCUT2D eigenvalue weighted by Crippen LogP contribution is 2.13. The highest BCUT2D eigenvalue weighted by molar-refractivity contribution is 7.09. The van der Waals surface area contributed by atoms with Gasteiger partial charge in [-0.1, -0.05) is 0 Å². The van der Waals surface area contributed by atoms with Crippen LogP contribution in [0.3, 0.4) is 0 Å². The zero-order chi connectivity index (χ0) is 12.1. The summed E-state index contributed by atoms with van der Waals surface area (Å²) in [7, 11) is 0. The molecule has 0 bridgehead atoms. The Labute approximate surface area is 104 Å². The van der Waals surface area contributed by atoms with Gasteiger partial charge in [-0.25, -0.2) is 4.98 Å². The van der Waals surface area contributed by atoms with Crippen LogP contribution in [0, 0.1) is 6.92 Å². The largest absolute Gasteiger partial charge is 0.476 e. The van der Waals surface area contributed by atoms with Gasteiger partial charge < -0.3 is 10.5 Å². The fourth-order valence-electron chi connectivity index (χ4n) is 1.35. The van der Waals surface area contributed by atoms with E-state index in [0.29, 0.717) is 19.0 Å². The topological polar surface area (TPSA) is 73.9 Å². The van der Waals surface area contributed by atoms with Gasteiger partial charge in [0.05, 0.1) is 23.5 Å². The number of hydrogen-bond acceptors (Lipinski definition) is 6. The summed E-state index contributed by atoms with van der Waals surface area (Å²) in [5.74, 6) is 0.532. The van der Waals surface area contributed by atoms with Crippen molar-refractivity contribution in [3.8, 4) is 5.88 Å². The van der Waals surface area contributed by atoms with E-state index in [2.05, 4.69) is 15.2 Å².